The molecular formula is C17H13BrO3. The number of ether oxygens (including phenoxy) is 2. The van der Waals surface area contributed by atoms with E-state index in [-0.39, 0.29) is 30.2 Å². The van der Waals surface area contributed by atoms with E-state index in [1.807, 2.05) is 54.6 Å². The van der Waals surface area contributed by atoms with Crippen LogP contribution in [-0.4, -0.2) is 18.0 Å². The summed E-state index contributed by atoms with van der Waals surface area (Å²) in [5.74, 6) is 0.0498. The average Bonchev–Trinajstić information content (AvgIpc) is 3.39. The summed E-state index contributed by atoms with van der Waals surface area (Å²) in [6, 6.07) is 17.7. The number of Topliss-reactive ketones (excluding diaryl/α,β-unsaturated/α-hetero) is 1. The van der Waals surface area contributed by atoms with Gasteiger partial charge >= 0.3 is 0 Å². The van der Waals surface area contributed by atoms with Crippen molar-refractivity contribution in [1.29, 1.82) is 0 Å². The Morgan fingerprint density at radius 2 is 1.48 bits per heavy atom. The molecule has 2 saturated heterocycles. The Morgan fingerprint density at radius 3 is 2.14 bits per heavy atom. The summed E-state index contributed by atoms with van der Waals surface area (Å²) in [6.45, 7) is 0. The minimum atomic E-state index is -0.363. The summed E-state index contributed by atoms with van der Waals surface area (Å²) in [6.07, 6.45) is -0.950. The van der Waals surface area contributed by atoms with Crippen LogP contribution >= 0.6 is 15.9 Å². The molecule has 4 rings (SSSR count). The van der Waals surface area contributed by atoms with Gasteiger partial charge in [0.05, 0.1) is 0 Å². The van der Waals surface area contributed by atoms with E-state index in [1.165, 1.54) is 0 Å². The lowest BCUT2D eigenvalue weighted by atomic mass is 10.0. The third-order valence-corrected chi connectivity index (χ3v) is 4.34. The Kier molecular flexibility index (Phi) is 3.17. The SMILES string of the molecule is O=C([C@H]1O[C@@H]1c1ccccc1)[C@H]1O[C@H]1c1cccc(Br)c1. The van der Waals surface area contributed by atoms with E-state index in [0.29, 0.717) is 0 Å². The van der Waals surface area contributed by atoms with Gasteiger partial charge < -0.3 is 9.47 Å². The van der Waals surface area contributed by atoms with Crippen LogP contribution in [-0.2, 0) is 14.3 Å². The molecule has 2 aliphatic rings. The predicted molar refractivity (Wildman–Crippen MR) is 80.8 cm³/mol. The second-order valence-electron chi connectivity index (χ2n) is 5.32. The standard InChI is InChI=1S/C17H13BrO3/c18-12-8-4-7-11(9-12)15-17(21-15)13(19)16-14(20-16)10-5-2-1-3-6-10/h1-9,14-17H/t14-,15+,16-,17-/m1/s1. The Morgan fingerprint density at radius 1 is 0.857 bits per heavy atom. The molecule has 21 heavy (non-hydrogen) atoms. The third-order valence-electron chi connectivity index (χ3n) is 3.85. The first kappa shape index (κ1) is 13.2. The first-order chi connectivity index (χ1) is 10.2. The fourth-order valence-electron chi connectivity index (χ4n) is 2.65. The number of epoxide rings is 2. The van der Waals surface area contributed by atoms with Crippen molar-refractivity contribution in [3.8, 4) is 0 Å². The molecule has 4 atom stereocenters. The van der Waals surface area contributed by atoms with E-state index in [4.69, 9.17) is 9.47 Å². The van der Waals surface area contributed by atoms with E-state index in [2.05, 4.69) is 15.9 Å². The summed E-state index contributed by atoms with van der Waals surface area (Å²) >= 11 is 3.43. The molecule has 2 aromatic carbocycles. The number of benzene rings is 2. The average molecular weight is 345 g/mol. The first-order valence-electron chi connectivity index (χ1n) is 6.89. The number of hydrogen-bond donors (Lipinski definition) is 0. The van der Waals surface area contributed by atoms with Crippen LogP contribution < -0.4 is 0 Å². The maximum absolute atomic E-state index is 12.4. The summed E-state index contributed by atoms with van der Waals surface area (Å²) < 4.78 is 12.1. The molecule has 0 N–H and O–H groups in total. The van der Waals surface area contributed by atoms with Crippen LogP contribution in [0.5, 0.6) is 0 Å². The summed E-state index contributed by atoms with van der Waals surface area (Å²) in [5, 5.41) is 0. The van der Waals surface area contributed by atoms with Crippen LogP contribution in [0.15, 0.2) is 59.1 Å². The fourth-order valence-corrected chi connectivity index (χ4v) is 3.07. The van der Waals surface area contributed by atoms with Crippen molar-refractivity contribution in [2.75, 3.05) is 0 Å². The maximum Gasteiger partial charge on any atom is 0.196 e. The quantitative estimate of drug-likeness (QED) is 0.796. The van der Waals surface area contributed by atoms with Crippen molar-refractivity contribution in [1.82, 2.24) is 0 Å². The highest BCUT2D eigenvalue weighted by molar-refractivity contribution is 9.10. The van der Waals surface area contributed by atoms with Crippen molar-refractivity contribution >= 4 is 21.7 Å². The lowest BCUT2D eigenvalue weighted by Gasteiger charge is -1.96. The molecule has 2 fully saturated rings. The van der Waals surface area contributed by atoms with Gasteiger partial charge in [0.1, 0.15) is 24.4 Å². The fraction of sp³-hybridized carbons (Fsp3) is 0.235. The maximum atomic E-state index is 12.4. The highest BCUT2D eigenvalue weighted by Crippen LogP contribution is 2.47. The Hall–Kier alpha value is -1.49. The van der Waals surface area contributed by atoms with E-state index < -0.39 is 0 Å². The lowest BCUT2D eigenvalue weighted by Crippen LogP contribution is -2.15. The number of rotatable bonds is 4. The van der Waals surface area contributed by atoms with E-state index in [9.17, 15) is 4.79 Å². The molecular weight excluding hydrogens is 332 g/mol. The van der Waals surface area contributed by atoms with E-state index >= 15 is 0 Å². The zero-order chi connectivity index (χ0) is 14.4. The smallest absolute Gasteiger partial charge is 0.196 e. The molecule has 0 amide bonds. The van der Waals surface area contributed by atoms with Crippen molar-refractivity contribution < 1.29 is 14.3 Å². The zero-order valence-electron chi connectivity index (χ0n) is 11.1. The van der Waals surface area contributed by atoms with Gasteiger partial charge in [0.15, 0.2) is 5.78 Å². The van der Waals surface area contributed by atoms with Crippen LogP contribution in [0.4, 0.5) is 0 Å². The van der Waals surface area contributed by atoms with Crippen LogP contribution in [0.3, 0.4) is 0 Å². The van der Waals surface area contributed by atoms with Gasteiger partial charge in [-0.25, -0.2) is 0 Å². The highest BCUT2D eigenvalue weighted by Gasteiger charge is 2.56. The molecule has 0 saturated carbocycles. The Bertz CT molecular complexity index is 685. The van der Waals surface area contributed by atoms with Gasteiger partial charge in [0, 0.05) is 4.47 Å². The van der Waals surface area contributed by atoms with Gasteiger partial charge in [-0.3, -0.25) is 4.79 Å². The van der Waals surface area contributed by atoms with Gasteiger partial charge in [-0.1, -0.05) is 58.4 Å². The molecule has 0 radical (unpaired) electrons. The number of carbonyl (C=O) groups excluding carboxylic acids is 1. The number of carbonyl (C=O) groups is 1. The van der Waals surface area contributed by atoms with Gasteiger partial charge in [0.2, 0.25) is 0 Å². The van der Waals surface area contributed by atoms with Gasteiger partial charge in [-0.2, -0.15) is 0 Å². The minimum absolute atomic E-state index is 0.0498. The molecule has 2 heterocycles. The van der Waals surface area contributed by atoms with E-state index in [0.717, 1.165) is 15.6 Å². The molecule has 0 aromatic heterocycles. The number of ketones is 1. The summed E-state index contributed by atoms with van der Waals surface area (Å²) in [7, 11) is 0. The Balaban J connectivity index is 1.42. The number of halogens is 1. The second-order valence-corrected chi connectivity index (χ2v) is 6.24. The van der Waals surface area contributed by atoms with Gasteiger partial charge in [0.25, 0.3) is 0 Å². The lowest BCUT2D eigenvalue weighted by molar-refractivity contribution is -0.121. The minimum Gasteiger partial charge on any atom is -0.356 e. The normalized spacial score (nSPS) is 30.0. The second kappa shape index (κ2) is 5.05. The van der Waals surface area contributed by atoms with Crippen LogP contribution in [0.1, 0.15) is 23.3 Å². The number of hydrogen-bond acceptors (Lipinski definition) is 3. The topological polar surface area (TPSA) is 42.1 Å². The van der Waals surface area contributed by atoms with Crippen LogP contribution in [0.2, 0.25) is 0 Å². The van der Waals surface area contributed by atoms with Crippen molar-refractivity contribution in [2.45, 2.75) is 24.4 Å². The monoisotopic (exact) mass is 344 g/mol. The third kappa shape index (κ3) is 2.55. The van der Waals surface area contributed by atoms with Gasteiger partial charge in [-0.05, 0) is 23.3 Å². The molecule has 0 unspecified atom stereocenters. The van der Waals surface area contributed by atoms with Crippen molar-refractivity contribution in [3.05, 3.63) is 70.2 Å². The molecule has 106 valence electrons. The molecule has 2 aromatic rings. The van der Waals surface area contributed by atoms with Gasteiger partial charge in [-0.15, -0.1) is 0 Å². The first-order valence-corrected chi connectivity index (χ1v) is 7.68. The molecule has 2 aliphatic heterocycles. The van der Waals surface area contributed by atoms with E-state index in [1.54, 1.807) is 0 Å². The summed E-state index contributed by atoms with van der Waals surface area (Å²) in [4.78, 5) is 12.4. The van der Waals surface area contributed by atoms with Crippen LogP contribution in [0.25, 0.3) is 0 Å². The molecule has 0 aliphatic carbocycles. The molecule has 0 spiro atoms. The van der Waals surface area contributed by atoms with Crippen molar-refractivity contribution in [2.24, 2.45) is 0 Å². The largest absolute Gasteiger partial charge is 0.356 e. The summed E-state index contributed by atoms with van der Waals surface area (Å²) in [5.41, 5.74) is 2.08. The predicted octanol–water partition coefficient (Wildman–Crippen LogP) is 3.60. The van der Waals surface area contributed by atoms with Crippen molar-refractivity contribution in [3.63, 3.8) is 0 Å². The molecule has 3 nitrogen and oxygen atoms in total. The highest BCUT2D eigenvalue weighted by atomic mass is 79.9. The molecule has 4 heteroatoms. The molecule has 0 bridgehead atoms. The zero-order valence-corrected chi connectivity index (χ0v) is 12.7. The van der Waals surface area contributed by atoms with Crippen LogP contribution in [0, 0.1) is 0 Å². The Labute approximate surface area is 131 Å².